The van der Waals surface area contributed by atoms with Crippen LogP contribution in [0, 0.1) is 0 Å². The molecular weight excluding hydrogens is 280 g/mol. The molecule has 1 aromatic rings. The minimum Gasteiger partial charge on any atom is -0.478 e. The van der Waals surface area contributed by atoms with Crippen molar-refractivity contribution in [2.45, 2.75) is 25.4 Å². The van der Waals surface area contributed by atoms with Crippen LogP contribution in [0.4, 0.5) is 0 Å². The number of hydrogen-bond donors (Lipinski definition) is 2. The molecule has 0 saturated carbocycles. The fourth-order valence-corrected chi connectivity index (χ4v) is 2.39. The molecule has 0 aliphatic heterocycles. The smallest absolute Gasteiger partial charge is 0.335 e. The standard InChI is InChI=1S/C17H28N2O3/c1-18(2)11-12-19(3)13-15(20)9-6-8-14-7-4-5-10-16(14)17(21)22/h4-5,7,10,15,20H,6,8-9,11-13H2,1-3H3,(H,21,22). The van der Waals surface area contributed by atoms with Gasteiger partial charge in [-0.05, 0) is 52.0 Å². The quantitative estimate of drug-likeness (QED) is 0.687. The van der Waals surface area contributed by atoms with E-state index in [1.807, 2.05) is 33.3 Å². The number of likely N-dealkylation sites (N-methyl/N-ethyl adjacent to an activating group) is 2. The van der Waals surface area contributed by atoms with Crippen LogP contribution >= 0.6 is 0 Å². The summed E-state index contributed by atoms with van der Waals surface area (Å²) in [5.74, 6) is -0.889. The van der Waals surface area contributed by atoms with Crippen LogP contribution in [0.1, 0.15) is 28.8 Å². The van der Waals surface area contributed by atoms with Gasteiger partial charge in [0, 0.05) is 19.6 Å². The van der Waals surface area contributed by atoms with Gasteiger partial charge in [0.15, 0.2) is 0 Å². The van der Waals surface area contributed by atoms with Gasteiger partial charge in [-0.15, -0.1) is 0 Å². The number of nitrogens with zero attached hydrogens (tertiary/aromatic N) is 2. The highest BCUT2D eigenvalue weighted by Crippen LogP contribution is 2.13. The summed E-state index contributed by atoms with van der Waals surface area (Å²) < 4.78 is 0. The molecule has 1 atom stereocenters. The number of aliphatic hydroxyl groups excluding tert-OH is 1. The van der Waals surface area contributed by atoms with Crippen molar-refractivity contribution >= 4 is 5.97 Å². The van der Waals surface area contributed by atoms with Crippen LogP contribution in [0.15, 0.2) is 24.3 Å². The maximum atomic E-state index is 11.1. The van der Waals surface area contributed by atoms with E-state index in [2.05, 4.69) is 9.80 Å². The molecule has 0 amide bonds. The van der Waals surface area contributed by atoms with Crippen LogP contribution in [0.3, 0.4) is 0 Å². The highest BCUT2D eigenvalue weighted by atomic mass is 16.4. The molecule has 0 aromatic heterocycles. The Labute approximate surface area is 133 Å². The molecule has 1 rings (SSSR count). The molecule has 0 fully saturated rings. The van der Waals surface area contributed by atoms with Crippen molar-refractivity contribution in [2.24, 2.45) is 0 Å². The number of rotatable bonds is 10. The van der Waals surface area contributed by atoms with Crippen LogP contribution < -0.4 is 0 Å². The summed E-state index contributed by atoms with van der Waals surface area (Å²) >= 11 is 0. The second kappa shape index (κ2) is 9.56. The molecule has 1 aromatic carbocycles. The number of benzene rings is 1. The highest BCUT2D eigenvalue weighted by Gasteiger charge is 2.11. The van der Waals surface area contributed by atoms with Gasteiger partial charge in [-0.3, -0.25) is 0 Å². The number of carboxylic acid groups (broad SMARTS) is 1. The van der Waals surface area contributed by atoms with E-state index in [0.717, 1.165) is 25.1 Å². The van der Waals surface area contributed by atoms with Crippen LogP contribution in [-0.4, -0.2) is 72.9 Å². The Morgan fingerprint density at radius 1 is 1.18 bits per heavy atom. The largest absolute Gasteiger partial charge is 0.478 e. The molecule has 0 aliphatic carbocycles. The summed E-state index contributed by atoms with van der Waals surface area (Å²) in [4.78, 5) is 15.4. The van der Waals surface area contributed by atoms with E-state index in [4.69, 9.17) is 5.11 Å². The molecule has 0 bridgehead atoms. The van der Waals surface area contributed by atoms with Gasteiger partial charge in [0.1, 0.15) is 0 Å². The van der Waals surface area contributed by atoms with E-state index < -0.39 is 5.97 Å². The molecule has 22 heavy (non-hydrogen) atoms. The van der Waals surface area contributed by atoms with Crippen molar-refractivity contribution < 1.29 is 15.0 Å². The highest BCUT2D eigenvalue weighted by molar-refractivity contribution is 5.89. The molecule has 124 valence electrons. The van der Waals surface area contributed by atoms with Gasteiger partial charge < -0.3 is 20.0 Å². The zero-order chi connectivity index (χ0) is 16.5. The van der Waals surface area contributed by atoms with Crippen molar-refractivity contribution in [2.75, 3.05) is 40.8 Å². The molecule has 0 spiro atoms. The average molecular weight is 308 g/mol. The van der Waals surface area contributed by atoms with Gasteiger partial charge in [0.05, 0.1) is 11.7 Å². The Kier molecular flexibility index (Phi) is 8.09. The normalized spacial score (nSPS) is 12.8. The number of aryl methyl sites for hydroxylation is 1. The summed E-state index contributed by atoms with van der Waals surface area (Å²) in [5, 5.41) is 19.2. The molecule has 0 heterocycles. The summed E-state index contributed by atoms with van der Waals surface area (Å²) in [7, 11) is 6.07. The first-order valence-electron chi connectivity index (χ1n) is 7.72. The van der Waals surface area contributed by atoms with Gasteiger partial charge >= 0.3 is 5.97 Å². The lowest BCUT2D eigenvalue weighted by atomic mass is 10.0. The minimum atomic E-state index is -0.889. The zero-order valence-corrected chi connectivity index (χ0v) is 13.8. The Balaban J connectivity index is 2.33. The van der Waals surface area contributed by atoms with E-state index in [1.54, 1.807) is 12.1 Å². The van der Waals surface area contributed by atoms with Crippen LogP contribution in [0.5, 0.6) is 0 Å². The Bertz CT molecular complexity index is 463. The lowest BCUT2D eigenvalue weighted by molar-refractivity contribution is 0.0695. The number of aliphatic hydroxyl groups is 1. The third-order valence-corrected chi connectivity index (χ3v) is 3.68. The van der Waals surface area contributed by atoms with Crippen molar-refractivity contribution in [1.82, 2.24) is 9.80 Å². The first kappa shape index (κ1) is 18.6. The van der Waals surface area contributed by atoms with Crippen molar-refractivity contribution in [3.05, 3.63) is 35.4 Å². The van der Waals surface area contributed by atoms with Crippen LogP contribution in [-0.2, 0) is 6.42 Å². The number of carboxylic acids is 1. The van der Waals surface area contributed by atoms with Crippen molar-refractivity contribution in [3.8, 4) is 0 Å². The van der Waals surface area contributed by atoms with Gasteiger partial charge in [-0.2, -0.15) is 0 Å². The molecular formula is C17H28N2O3. The third kappa shape index (κ3) is 7.02. The monoisotopic (exact) mass is 308 g/mol. The van der Waals surface area contributed by atoms with Crippen molar-refractivity contribution in [3.63, 3.8) is 0 Å². The molecule has 0 radical (unpaired) electrons. The number of carbonyl (C=O) groups is 1. The maximum Gasteiger partial charge on any atom is 0.335 e. The Morgan fingerprint density at radius 2 is 1.86 bits per heavy atom. The van der Waals surface area contributed by atoms with Crippen LogP contribution in [0.2, 0.25) is 0 Å². The molecule has 0 aliphatic rings. The Morgan fingerprint density at radius 3 is 2.50 bits per heavy atom. The summed E-state index contributed by atoms with van der Waals surface area (Å²) in [5.41, 5.74) is 1.20. The van der Waals surface area contributed by atoms with E-state index in [-0.39, 0.29) is 6.10 Å². The second-order valence-corrected chi connectivity index (χ2v) is 6.07. The van der Waals surface area contributed by atoms with E-state index in [1.165, 1.54) is 0 Å². The molecule has 1 unspecified atom stereocenters. The van der Waals surface area contributed by atoms with Crippen molar-refractivity contribution in [1.29, 1.82) is 0 Å². The first-order valence-corrected chi connectivity index (χ1v) is 7.72. The third-order valence-electron chi connectivity index (χ3n) is 3.68. The fourth-order valence-electron chi connectivity index (χ4n) is 2.39. The van der Waals surface area contributed by atoms with E-state index in [9.17, 15) is 9.90 Å². The summed E-state index contributed by atoms with van der Waals surface area (Å²) in [6.45, 7) is 2.54. The second-order valence-electron chi connectivity index (χ2n) is 6.07. The molecule has 5 heteroatoms. The number of hydrogen-bond acceptors (Lipinski definition) is 4. The maximum absolute atomic E-state index is 11.1. The summed E-state index contributed by atoms with van der Waals surface area (Å²) in [6.07, 6.45) is 1.78. The average Bonchev–Trinajstić information content (AvgIpc) is 2.45. The topological polar surface area (TPSA) is 64.0 Å². The zero-order valence-electron chi connectivity index (χ0n) is 13.8. The van der Waals surface area contributed by atoms with Gasteiger partial charge in [-0.25, -0.2) is 4.79 Å². The molecule has 5 nitrogen and oxygen atoms in total. The SMILES string of the molecule is CN(C)CCN(C)CC(O)CCCc1ccccc1C(=O)O. The molecule has 0 saturated heterocycles. The lowest BCUT2D eigenvalue weighted by Gasteiger charge is -2.22. The number of aromatic carboxylic acids is 1. The minimum absolute atomic E-state index is 0.361. The van der Waals surface area contributed by atoms with Gasteiger partial charge in [0.2, 0.25) is 0 Å². The van der Waals surface area contributed by atoms with Crippen LogP contribution in [0.25, 0.3) is 0 Å². The predicted molar refractivity (Wildman–Crippen MR) is 88.4 cm³/mol. The fraction of sp³-hybridized carbons (Fsp3) is 0.588. The van der Waals surface area contributed by atoms with E-state index in [0.29, 0.717) is 24.9 Å². The van der Waals surface area contributed by atoms with Gasteiger partial charge in [0.25, 0.3) is 0 Å². The summed E-state index contributed by atoms with van der Waals surface area (Å²) in [6, 6.07) is 7.07. The molecule has 2 N–H and O–H groups in total. The van der Waals surface area contributed by atoms with Gasteiger partial charge in [-0.1, -0.05) is 18.2 Å². The predicted octanol–water partition coefficient (Wildman–Crippen LogP) is 1.56. The first-order chi connectivity index (χ1) is 10.4. The van der Waals surface area contributed by atoms with E-state index >= 15 is 0 Å². The Hall–Kier alpha value is -1.43. The lowest BCUT2D eigenvalue weighted by Crippen LogP contribution is -2.34.